The van der Waals surface area contributed by atoms with Crippen molar-refractivity contribution in [2.75, 3.05) is 55.5 Å². The zero-order valence-electron chi connectivity index (χ0n) is 20.6. The van der Waals surface area contributed by atoms with E-state index in [2.05, 4.69) is 38.1 Å². The minimum atomic E-state index is -0.271. The number of aryl methyl sites for hydroxylation is 1. The molecule has 0 bridgehead atoms. The third kappa shape index (κ3) is 4.59. The number of carbonyl (C=O) groups is 1. The number of nitrogens with one attached hydrogen (secondary N) is 1. The molecule has 0 spiro atoms. The van der Waals surface area contributed by atoms with Crippen LogP contribution in [0.2, 0.25) is 0 Å². The Labute approximate surface area is 209 Å². The summed E-state index contributed by atoms with van der Waals surface area (Å²) in [5.74, 6) is 2.35. The van der Waals surface area contributed by atoms with Crippen LogP contribution in [0.5, 0.6) is 11.5 Å². The number of aromatic nitrogens is 3. The van der Waals surface area contributed by atoms with Crippen LogP contribution in [0.3, 0.4) is 0 Å². The van der Waals surface area contributed by atoms with E-state index in [1.54, 1.807) is 37.7 Å². The lowest BCUT2D eigenvalue weighted by Gasteiger charge is -2.35. The number of methoxy groups -OCH3 is 2. The first-order chi connectivity index (χ1) is 17.6. The number of hydrogen-bond acceptors (Lipinski definition) is 8. The topological polar surface area (TPSA) is 92.7 Å². The molecule has 0 atom stereocenters. The second-order valence-electron chi connectivity index (χ2n) is 8.55. The Balaban J connectivity index is 1.33. The number of benzene rings is 2. The highest BCUT2D eigenvalue weighted by Gasteiger charge is 2.21. The van der Waals surface area contributed by atoms with Gasteiger partial charge in [-0.3, -0.25) is 4.79 Å². The Bertz CT molecular complexity index is 1390. The summed E-state index contributed by atoms with van der Waals surface area (Å²) in [4.78, 5) is 31.1. The summed E-state index contributed by atoms with van der Waals surface area (Å²) in [5.41, 5.74) is 3.07. The van der Waals surface area contributed by atoms with Gasteiger partial charge in [0.25, 0.3) is 5.91 Å². The summed E-state index contributed by atoms with van der Waals surface area (Å²) in [5, 5.41) is 3.96. The molecule has 0 radical (unpaired) electrons. The lowest BCUT2D eigenvalue weighted by Crippen LogP contribution is -2.47. The molecule has 36 heavy (non-hydrogen) atoms. The lowest BCUT2D eigenvalue weighted by molar-refractivity contribution is 0.102. The maximum atomic E-state index is 13.0. The van der Waals surface area contributed by atoms with Gasteiger partial charge in [0.15, 0.2) is 11.5 Å². The number of amides is 1. The molecule has 5 rings (SSSR count). The standard InChI is InChI=1S/C27H28N6O3/c1-18-16-24(32-12-14-33(15-13-32)27-28-10-5-11-29-27)31-22-9-8-19(17-21(18)22)30-26(34)20-6-4-7-23(35-2)25(20)36-3/h4-11,16-17H,12-15H2,1-3H3,(H,30,34). The number of ether oxygens (including phenoxy) is 2. The fourth-order valence-electron chi connectivity index (χ4n) is 4.47. The first-order valence-electron chi connectivity index (χ1n) is 11.8. The largest absolute Gasteiger partial charge is 0.493 e. The van der Waals surface area contributed by atoms with Crippen LogP contribution >= 0.6 is 0 Å². The van der Waals surface area contributed by atoms with E-state index in [-0.39, 0.29) is 5.91 Å². The van der Waals surface area contributed by atoms with E-state index in [9.17, 15) is 4.79 Å². The molecule has 9 nitrogen and oxygen atoms in total. The number of piperazine rings is 1. The smallest absolute Gasteiger partial charge is 0.259 e. The molecule has 1 aliphatic rings. The summed E-state index contributed by atoms with van der Waals surface area (Å²) in [6, 6.07) is 14.9. The molecule has 1 aliphatic heterocycles. The maximum absolute atomic E-state index is 13.0. The summed E-state index contributed by atoms with van der Waals surface area (Å²) in [7, 11) is 3.07. The van der Waals surface area contributed by atoms with Gasteiger partial charge in [-0.05, 0) is 55.0 Å². The minimum Gasteiger partial charge on any atom is -0.493 e. The van der Waals surface area contributed by atoms with E-state index in [1.807, 2.05) is 24.3 Å². The van der Waals surface area contributed by atoms with E-state index in [0.29, 0.717) is 22.7 Å². The van der Waals surface area contributed by atoms with Gasteiger partial charge in [0, 0.05) is 49.6 Å². The number of fused-ring (bicyclic) bond motifs is 1. The molecule has 184 valence electrons. The molecule has 1 saturated heterocycles. The monoisotopic (exact) mass is 484 g/mol. The summed E-state index contributed by atoms with van der Waals surface area (Å²) in [6.07, 6.45) is 3.54. The Morgan fingerprint density at radius 1 is 0.917 bits per heavy atom. The number of anilines is 3. The van der Waals surface area contributed by atoms with Gasteiger partial charge in [-0.1, -0.05) is 6.07 Å². The Kier molecular flexibility index (Phi) is 6.53. The van der Waals surface area contributed by atoms with Crippen molar-refractivity contribution in [1.82, 2.24) is 15.0 Å². The van der Waals surface area contributed by atoms with Crippen LogP contribution in [-0.4, -0.2) is 61.3 Å². The van der Waals surface area contributed by atoms with Gasteiger partial charge in [-0.25, -0.2) is 15.0 Å². The van der Waals surface area contributed by atoms with Crippen LogP contribution in [0.1, 0.15) is 15.9 Å². The summed E-state index contributed by atoms with van der Waals surface area (Å²) < 4.78 is 10.7. The fourth-order valence-corrected chi connectivity index (χ4v) is 4.47. The number of pyridine rings is 1. The molecule has 0 saturated carbocycles. The van der Waals surface area contributed by atoms with Gasteiger partial charge >= 0.3 is 0 Å². The average Bonchev–Trinajstić information content (AvgIpc) is 2.93. The molecular weight excluding hydrogens is 456 g/mol. The van der Waals surface area contributed by atoms with Gasteiger partial charge in [-0.2, -0.15) is 0 Å². The minimum absolute atomic E-state index is 0.271. The Hall–Kier alpha value is -4.40. The zero-order chi connectivity index (χ0) is 25.1. The predicted octanol–water partition coefficient (Wildman–Crippen LogP) is 3.93. The molecule has 0 unspecified atom stereocenters. The normalized spacial score (nSPS) is 13.5. The zero-order valence-corrected chi connectivity index (χ0v) is 20.6. The van der Waals surface area contributed by atoms with E-state index in [0.717, 1.165) is 54.4 Å². The Morgan fingerprint density at radius 3 is 2.39 bits per heavy atom. The number of rotatable bonds is 6. The average molecular weight is 485 g/mol. The maximum Gasteiger partial charge on any atom is 0.259 e. The molecule has 3 heterocycles. The lowest BCUT2D eigenvalue weighted by atomic mass is 10.1. The first-order valence-corrected chi connectivity index (χ1v) is 11.8. The summed E-state index contributed by atoms with van der Waals surface area (Å²) in [6.45, 7) is 5.42. The van der Waals surface area contributed by atoms with Gasteiger partial charge in [0.1, 0.15) is 5.82 Å². The quantitative estimate of drug-likeness (QED) is 0.440. The molecule has 1 N–H and O–H groups in total. The van der Waals surface area contributed by atoms with E-state index < -0.39 is 0 Å². The highest BCUT2D eigenvalue weighted by molar-refractivity contribution is 6.07. The molecule has 0 aliphatic carbocycles. The van der Waals surface area contributed by atoms with Crippen molar-refractivity contribution >= 4 is 34.3 Å². The van der Waals surface area contributed by atoms with Gasteiger partial charge in [0.2, 0.25) is 5.95 Å². The SMILES string of the molecule is COc1cccc(C(=O)Nc2ccc3nc(N4CCN(c5ncccn5)CC4)cc(C)c3c2)c1OC. The van der Waals surface area contributed by atoms with Crippen molar-refractivity contribution in [2.45, 2.75) is 6.92 Å². The van der Waals surface area contributed by atoms with E-state index >= 15 is 0 Å². The van der Waals surface area contributed by atoms with Crippen molar-refractivity contribution in [3.05, 3.63) is 72.1 Å². The molecular formula is C27H28N6O3. The fraction of sp³-hybridized carbons (Fsp3) is 0.259. The molecule has 1 fully saturated rings. The highest BCUT2D eigenvalue weighted by atomic mass is 16.5. The van der Waals surface area contributed by atoms with Crippen LogP contribution in [0.4, 0.5) is 17.5 Å². The number of para-hydroxylation sites is 1. The third-order valence-corrected chi connectivity index (χ3v) is 6.35. The number of hydrogen-bond donors (Lipinski definition) is 1. The molecule has 4 aromatic rings. The van der Waals surface area contributed by atoms with Crippen LogP contribution in [0.25, 0.3) is 10.9 Å². The van der Waals surface area contributed by atoms with Crippen LogP contribution in [-0.2, 0) is 0 Å². The van der Waals surface area contributed by atoms with Gasteiger partial charge in [-0.15, -0.1) is 0 Å². The molecule has 2 aromatic heterocycles. The molecule has 2 aromatic carbocycles. The second kappa shape index (κ2) is 10.1. The van der Waals surface area contributed by atoms with Gasteiger partial charge < -0.3 is 24.6 Å². The number of nitrogens with zero attached hydrogens (tertiary/aromatic N) is 5. The molecule has 1 amide bonds. The van der Waals surface area contributed by atoms with E-state index in [4.69, 9.17) is 14.5 Å². The highest BCUT2D eigenvalue weighted by Crippen LogP contribution is 2.32. The van der Waals surface area contributed by atoms with Crippen molar-refractivity contribution in [3.63, 3.8) is 0 Å². The number of carbonyl (C=O) groups excluding carboxylic acids is 1. The van der Waals surface area contributed by atoms with E-state index in [1.165, 1.54) is 7.11 Å². The second-order valence-corrected chi connectivity index (χ2v) is 8.55. The first kappa shape index (κ1) is 23.3. The molecule has 9 heteroatoms. The van der Waals surface area contributed by atoms with Crippen molar-refractivity contribution < 1.29 is 14.3 Å². The van der Waals surface area contributed by atoms with Crippen LogP contribution < -0.4 is 24.6 Å². The van der Waals surface area contributed by atoms with Crippen molar-refractivity contribution in [2.24, 2.45) is 0 Å². The van der Waals surface area contributed by atoms with Crippen molar-refractivity contribution in [1.29, 1.82) is 0 Å². The summed E-state index contributed by atoms with van der Waals surface area (Å²) >= 11 is 0. The predicted molar refractivity (Wildman–Crippen MR) is 140 cm³/mol. The van der Waals surface area contributed by atoms with Gasteiger partial charge in [0.05, 0.1) is 25.3 Å². The van der Waals surface area contributed by atoms with Crippen molar-refractivity contribution in [3.8, 4) is 11.5 Å². The third-order valence-electron chi connectivity index (χ3n) is 6.35. The Morgan fingerprint density at radius 2 is 1.67 bits per heavy atom. The van der Waals surface area contributed by atoms with Crippen LogP contribution in [0.15, 0.2) is 60.9 Å². The van der Waals surface area contributed by atoms with Crippen LogP contribution in [0, 0.1) is 6.92 Å².